The van der Waals surface area contributed by atoms with E-state index in [1.54, 1.807) is 19.1 Å². The average Bonchev–Trinajstić information content (AvgIpc) is 2.33. The summed E-state index contributed by atoms with van der Waals surface area (Å²) in [6.07, 6.45) is 0.545. The van der Waals surface area contributed by atoms with E-state index in [9.17, 15) is 13.2 Å². The van der Waals surface area contributed by atoms with Gasteiger partial charge in [0, 0.05) is 19.3 Å². The zero-order valence-corrected chi connectivity index (χ0v) is 11.7. The highest BCUT2D eigenvalue weighted by Gasteiger charge is 2.06. The molecule has 1 rings (SSSR count). The van der Waals surface area contributed by atoms with Crippen LogP contribution in [-0.4, -0.2) is 38.5 Å². The number of benzene rings is 1. The molecule has 2 amide bonds. The fraction of sp³-hybridized carbons (Fsp3) is 0.417. The highest BCUT2D eigenvalue weighted by Crippen LogP contribution is 2.09. The lowest BCUT2D eigenvalue weighted by molar-refractivity contribution is 0.187. The molecule has 0 spiro atoms. The third-order valence-electron chi connectivity index (χ3n) is 2.36. The number of aliphatic hydroxyl groups excluding tert-OH is 1. The van der Waals surface area contributed by atoms with Gasteiger partial charge in [-0.1, -0.05) is 12.1 Å². The second-order valence-electron chi connectivity index (χ2n) is 4.33. The van der Waals surface area contributed by atoms with Crippen molar-refractivity contribution in [1.82, 2.24) is 10.6 Å². The summed E-state index contributed by atoms with van der Waals surface area (Å²) in [5.74, 6) is 0. The molecule has 0 bridgehead atoms. The molecule has 0 aliphatic carbocycles. The quantitative estimate of drug-likeness (QED) is 0.724. The lowest BCUT2D eigenvalue weighted by atomic mass is 10.2. The van der Waals surface area contributed by atoms with Crippen LogP contribution in [0.15, 0.2) is 29.2 Å². The summed E-state index contributed by atoms with van der Waals surface area (Å²) in [6, 6.07) is 5.91. The van der Waals surface area contributed by atoms with Crippen molar-refractivity contribution in [2.75, 3.05) is 12.8 Å². The van der Waals surface area contributed by atoms with Gasteiger partial charge >= 0.3 is 6.03 Å². The first-order valence-corrected chi connectivity index (χ1v) is 7.67. The SMILES string of the molecule is CC(O)CNC(=O)NCc1ccc(S(C)(=O)=O)cc1. The fourth-order valence-electron chi connectivity index (χ4n) is 1.34. The van der Waals surface area contributed by atoms with E-state index in [1.807, 2.05) is 0 Å². The number of rotatable bonds is 5. The van der Waals surface area contributed by atoms with Gasteiger partial charge in [0.1, 0.15) is 0 Å². The summed E-state index contributed by atoms with van der Waals surface area (Å²) in [5.41, 5.74) is 0.791. The van der Waals surface area contributed by atoms with E-state index < -0.39 is 15.9 Å². The fourth-order valence-corrected chi connectivity index (χ4v) is 1.97. The number of hydrogen-bond acceptors (Lipinski definition) is 4. The van der Waals surface area contributed by atoms with Crippen LogP contribution in [0, 0.1) is 0 Å². The number of urea groups is 1. The molecule has 0 heterocycles. The van der Waals surface area contributed by atoms with Crippen LogP contribution in [0.1, 0.15) is 12.5 Å². The van der Waals surface area contributed by atoms with Gasteiger partial charge in [-0.2, -0.15) is 0 Å². The van der Waals surface area contributed by atoms with Crippen molar-refractivity contribution in [3.05, 3.63) is 29.8 Å². The van der Waals surface area contributed by atoms with E-state index in [4.69, 9.17) is 5.11 Å². The van der Waals surface area contributed by atoms with Crippen molar-refractivity contribution in [1.29, 1.82) is 0 Å². The Balaban J connectivity index is 2.48. The van der Waals surface area contributed by atoms with Crippen molar-refractivity contribution >= 4 is 15.9 Å². The van der Waals surface area contributed by atoms with Crippen molar-refractivity contribution < 1.29 is 18.3 Å². The number of amides is 2. The average molecular weight is 286 g/mol. The van der Waals surface area contributed by atoms with Crippen LogP contribution in [0.25, 0.3) is 0 Å². The minimum atomic E-state index is -3.20. The van der Waals surface area contributed by atoms with Gasteiger partial charge in [0.15, 0.2) is 9.84 Å². The molecular weight excluding hydrogens is 268 g/mol. The van der Waals surface area contributed by atoms with E-state index in [0.29, 0.717) is 0 Å². The van der Waals surface area contributed by atoms with Crippen LogP contribution in [0.2, 0.25) is 0 Å². The second-order valence-corrected chi connectivity index (χ2v) is 6.34. The van der Waals surface area contributed by atoms with Crippen molar-refractivity contribution in [2.45, 2.75) is 24.5 Å². The third kappa shape index (κ3) is 5.71. The van der Waals surface area contributed by atoms with Crippen LogP contribution in [0.4, 0.5) is 4.79 Å². The van der Waals surface area contributed by atoms with Crippen LogP contribution in [0.5, 0.6) is 0 Å². The largest absolute Gasteiger partial charge is 0.392 e. The summed E-state index contributed by atoms with van der Waals surface area (Å²) in [7, 11) is -3.20. The number of carbonyl (C=O) groups excluding carboxylic acids is 1. The lowest BCUT2D eigenvalue weighted by Gasteiger charge is -2.09. The van der Waals surface area contributed by atoms with Crippen molar-refractivity contribution in [3.63, 3.8) is 0 Å². The maximum Gasteiger partial charge on any atom is 0.315 e. The van der Waals surface area contributed by atoms with Gasteiger partial charge < -0.3 is 15.7 Å². The lowest BCUT2D eigenvalue weighted by Crippen LogP contribution is -2.38. The Bertz CT molecular complexity index is 523. The first kappa shape index (κ1) is 15.5. The van der Waals surface area contributed by atoms with E-state index in [2.05, 4.69) is 10.6 Å². The first-order valence-electron chi connectivity index (χ1n) is 5.78. The molecule has 6 nitrogen and oxygen atoms in total. The predicted molar refractivity (Wildman–Crippen MR) is 71.5 cm³/mol. The minimum absolute atomic E-state index is 0.179. The van der Waals surface area contributed by atoms with Crippen LogP contribution >= 0.6 is 0 Å². The smallest absolute Gasteiger partial charge is 0.315 e. The minimum Gasteiger partial charge on any atom is -0.392 e. The number of carbonyl (C=O) groups is 1. The third-order valence-corrected chi connectivity index (χ3v) is 3.49. The molecule has 1 aromatic carbocycles. The first-order chi connectivity index (χ1) is 8.79. The van der Waals surface area contributed by atoms with Gasteiger partial charge in [-0.25, -0.2) is 13.2 Å². The second kappa shape index (κ2) is 6.53. The number of sulfone groups is 1. The van der Waals surface area contributed by atoms with Crippen LogP contribution in [-0.2, 0) is 16.4 Å². The molecule has 0 saturated carbocycles. The molecule has 0 radical (unpaired) electrons. The van der Waals surface area contributed by atoms with Gasteiger partial charge in [-0.3, -0.25) is 0 Å². The zero-order chi connectivity index (χ0) is 14.5. The Morgan fingerprint density at radius 1 is 1.26 bits per heavy atom. The summed E-state index contributed by atoms with van der Waals surface area (Å²) in [4.78, 5) is 11.6. The standard InChI is InChI=1S/C12H18N2O4S/c1-9(15)7-13-12(16)14-8-10-3-5-11(6-4-10)19(2,17)18/h3-6,9,15H,7-8H2,1-2H3,(H2,13,14,16). The van der Waals surface area contributed by atoms with E-state index in [-0.39, 0.29) is 24.0 Å². The molecule has 0 saturated heterocycles. The topological polar surface area (TPSA) is 95.5 Å². The number of aliphatic hydroxyl groups is 1. The number of nitrogens with one attached hydrogen (secondary N) is 2. The van der Waals surface area contributed by atoms with Crippen molar-refractivity contribution in [2.24, 2.45) is 0 Å². The molecule has 106 valence electrons. The molecule has 1 unspecified atom stereocenters. The van der Waals surface area contributed by atoms with Gasteiger partial charge in [0.2, 0.25) is 0 Å². The summed E-state index contributed by atoms with van der Waals surface area (Å²) in [5, 5.41) is 14.1. The van der Waals surface area contributed by atoms with Crippen LogP contribution < -0.4 is 10.6 Å². The highest BCUT2D eigenvalue weighted by molar-refractivity contribution is 7.90. The molecule has 3 N–H and O–H groups in total. The monoisotopic (exact) mass is 286 g/mol. The molecule has 1 atom stereocenters. The molecule has 0 aromatic heterocycles. The van der Waals surface area contributed by atoms with Gasteiger partial charge in [0.05, 0.1) is 11.0 Å². The Morgan fingerprint density at radius 3 is 2.32 bits per heavy atom. The van der Waals surface area contributed by atoms with E-state index >= 15 is 0 Å². The maximum atomic E-state index is 11.3. The highest BCUT2D eigenvalue weighted by atomic mass is 32.2. The molecule has 19 heavy (non-hydrogen) atoms. The molecule has 0 aliphatic rings. The van der Waals surface area contributed by atoms with Crippen molar-refractivity contribution in [3.8, 4) is 0 Å². The van der Waals surface area contributed by atoms with E-state index in [0.717, 1.165) is 11.8 Å². The Hall–Kier alpha value is -1.60. The van der Waals surface area contributed by atoms with E-state index in [1.165, 1.54) is 12.1 Å². The zero-order valence-electron chi connectivity index (χ0n) is 10.9. The molecule has 1 aromatic rings. The normalized spacial score (nSPS) is 12.8. The van der Waals surface area contributed by atoms with Crippen LogP contribution in [0.3, 0.4) is 0 Å². The number of hydrogen-bond donors (Lipinski definition) is 3. The molecule has 0 fully saturated rings. The molecule has 0 aliphatic heterocycles. The summed E-state index contributed by atoms with van der Waals surface area (Å²) < 4.78 is 22.5. The maximum absolute atomic E-state index is 11.3. The predicted octanol–water partition coefficient (Wildman–Crippen LogP) is 0.270. The summed E-state index contributed by atoms with van der Waals surface area (Å²) >= 11 is 0. The summed E-state index contributed by atoms with van der Waals surface area (Å²) in [6.45, 7) is 2.04. The Labute approximate surface area is 112 Å². The molecule has 7 heteroatoms. The van der Waals surface area contributed by atoms with Gasteiger partial charge in [-0.15, -0.1) is 0 Å². The Morgan fingerprint density at radius 2 is 1.84 bits per heavy atom. The molecular formula is C12H18N2O4S. The van der Waals surface area contributed by atoms with Gasteiger partial charge in [0.25, 0.3) is 0 Å². The Kier molecular flexibility index (Phi) is 5.31. The van der Waals surface area contributed by atoms with Gasteiger partial charge in [-0.05, 0) is 24.6 Å².